The van der Waals surface area contributed by atoms with Gasteiger partial charge in [-0.3, -0.25) is 4.79 Å². The minimum atomic E-state index is -0.867. The number of rotatable bonds is 37. The van der Waals surface area contributed by atoms with E-state index in [9.17, 15) is 15.0 Å². The Kier molecular flexibility index (Phi) is 38.4. The van der Waals surface area contributed by atoms with E-state index in [2.05, 4.69) is 48.7 Å². The molecule has 0 aromatic carbocycles. The summed E-state index contributed by atoms with van der Waals surface area (Å²) in [5.74, 6) is -0.0827. The number of nitrogens with one attached hydrogen (secondary N) is 1. The summed E-state index contributed by atoms with van der Waals surface area (Å²) in [5.41, 5.74) is 0. The maximum atomic E-state index is 12.3. The fourth-order valence-electron chi connectivity index (χ4n) is 6.15. The van der Waals surface area contributed by atoms with Crippen LogP contribution >= 0.6 is 0 Å². The van der Waals surface area contributed by atoms with Crippen molar-refractivity contribution in [3.8, 4) is 0 Å². The van der Waals surface area contributed by atoms with Crippen LogP contribution in [-0.4, -0.2) is 34.9 Å². The first-order valence-electron chi connectivity index (χ1n) is 20.8. The molecule has 0 bridgehead atoms. The number of allylic oxidation sites excluding steroid dienone is 7. The minimum Gasteiger partial charge on any atom is -0.394 e. The number of unbranched alkanes of at least 4 members (excludes halogenated alkanes) is 25. The van der Waals surface area contributed by atoms with Crippen LogP contribution in [0.15, 0.2) is 48.6 Å². The average molecular weight is 672 g/mol. The fourth-order valence-corrected chi connectivity index (χ4v) is 6.15. The highest BCUT2D eigenvalue weighted by molar-refractivity contribution is 5.76. The maximum Gasteiger partial charge on any atom is 0.220 e. The van der Waals surface area contributed by atoms with Gasteiger partial charge in [0, 0.05) is 6.42 Å². The average Bonchev–Trinajstić information content (AvgIpc) is 3.09. The summed E-state index contributed by atoms with van der Waals surface area (Å²) in [6.45, 7) is 4.06. The lowest BCUT2D eigenvalue weighted by molar-refractivity contribution is -0.123. The van der Waals surface area contributed by atoms with E-state index >= 15 is 0 Å². The van der Waals surface area contributed by atoms with E-state index in [1.165, 1.54) is 148 Å². The zero-order chi connectivity index (χ0) is 35.0. The summed E-state index contributed by atoms with van der Waals surface area (Å²) in [4.78, 5) is 12.3. The van der Waals surface area contributed by atoms with Gasteiger partial charge in [0.15, 0.2) is 0 Å². The van der Waals surface area contributed by atoms with Crippen LogP contribution in [0.4, 0.5) is 0 Å². The number of aliphatic hydroxyl groups is 2. The molecule has 0 saturated heterocycles. The van der Waals surface area contributed by atoms with Crippen LogP contribution < -0.4 is 5.32 Å². The number of amides is 1. The summed E-state index contributed by atoms with van der Waals surface area (Å²) in [5, 5.41) is 22.8. The van der Waals surface area contributed by atoms with Crippen molar-refractivity contribution in [2.75, 3.05) is 6.61 Å². The third-order valence-corrected chi connectivity index (χ3v) is 9.36. The SMILES string of the molecule is C/C=C/CC/C=C/CC/C=C/C(O)C(CO)NC(=O)CCCCCCCCCCCCC/C=C\CCCCCCCCCCCCCC. The van der Waals surface area contributed by atoms with Gasteiger partial charge in [-0.05, 0) is 64.7 Å². The van der Waals surface area contributed by atoms with Crippen LogP contribution in [0, 0.1) is 0 Å². The summed E-state index contributed by atoms with van der Waals surface area (Å²) in [6.07, 6.45) is 53.9. The fraction of sp³-hybridized carbons (Fsp3) is 0.795. The number of carbonyl (C=O) groups is 1. The van der Waals surface area contributed by atoms with Gasteiger partial charge in [-0.1, -0.05) is 184 Å². The van der Waals surface area contributed by atoms with Crippen LogP contribution in [0.5, 0.6) is 0 Å². The van der Waals surface area contributed by atoms with Crippen LogP contribution in [0.2, 0.25) is 0 Å². The van der Waals surface area contributed by atoms with Gasteiger partial charge >= 0.3 is 0 Å². The molecule has 2 atom stereocenters. The maximum absolute atomic E-state index is 12.3. The molecule has 0 fully saturated rings. The van der Waals surface area contributed by atoms with Gasteiger partial charge in [0.05, 0.1) is 18.8 Å². The number of carbonyl (C=O) groups excluding carboxylic acids is 1. The Balaban J connectivity index is 3.48. The summed E-state index contributed by atoms with van der Waals surface area (Å²) >= 11 is 0. The predicted molar refractivity (Wildman–Crippen MR) is 211 cm³/mol. The molecule has 48 heavy (non-hydrogen) atoms. The Labute approximate surface area is 299 Å². The van der Waals surface area contributed by atoms with Crippen LogP contribution in [0.25, 0.3) is 0 Å². The molecule has 4 heteroatoms. The van der Waals surface area contributed by atoms with E-state index in [4.69, 9.17) is 0 Å². The monoisotopic (exact) mass is 672 g/mol. The quantitative estimate of drug-likeness (QED) is 0.0455. The lowest BCUT2D eigenvalue weighted by atomic mass is 10.0. The van der Waals surface area contributed by atoms with Gasteiger partial charge in [0.25, 0.3) is 0 Å². The Morgan fingerprint density at radius 3 is 1.33 bits per heavy atom. The molecular weight excluding hydrogens is 590 g/mol. The summed E-state index contributed by atoms with van der Waals surface area (Å²) < 4.78 is 0. The Hall–Kier alpha value is -1.65. The van der Waals surface area contributed by atoms with E-state index < -0.39 is 12.1 Å². The second kappa shape index (κ2) is 39.8. The number of hydrogen-bond acceptors (Lipinski definition) is 3. The van der Waals surface area contributed by atoms with Crippen molar-refractivity contribution in [3.05, 3.63) is 48.6 Å². The molecule has 0 radical (unpaired) electrons. The molecule has 2 unspecified atom stereocenters. The highest BCUT2D eigenvalue weighted by atomic mass is 16.3. The van der Waals surface area contributed by atoms with E-state index in [0.717, 1.165) is 38.5 Å². The summed E-state index contributed by atoms with van der Waals surface area (Å²) in [7, 11) is 0. The van der Waals surface area contributed by atoms with Crippen molar-refractivity contribution >= 4 is 5.91 Å². The lowest BCUT2D eigenvalue weighted by Gasteiger charge is -2.19. The van der Waals surface area contributed by atoms with E-state index in [1.54, 1.807) is 6.08 Å². The normalized spacial score (nSPS) is 13.5. The summed E-state index contributed by atoms with van der Waals surface area (Å²) in [6, 6.07) is -0.643. The molecule has 280 valence electrons. The molecule has 0 aliphatic heterocycles. The van der Waals surface area contributed by atoms with Crippen molar-refractivity contribution in [1.82, 2.24) is 5.32 Å². The minimum absolute atomic E-state index is 0.0827. The van der Waals surface area contributed by atoms with Crippen LogP contribution in [0.3, 0.4) is 0 Å². The molecule has 0 saturated carbocycles. The molecule has 1 amide bonds. The van der Waals surface area contributed by atoms with Crippen molar-refractivity contribution in [1.29, 1.82) is 0 Å². The first-order chi connectivity index (χ1) is 23.7. The van der Waals surface area contributed by atoms with E-state index in [-0.39, 0.29) is 12.5 Å². The topological polar surface area (TPSA) is 69.6 Å². The van der Waals surface area contributed by atoms with Gasteiger partial charge in [-0.2, -0.15) is 0 Å². The van der Waals surface area contributed by atoms with Gasteiger partial charge in [-0.15, -0.1) is 0 Å². The molecule has 0 aliphatic carbocycles. The third-order valence-electron chi connectivity index (χ3n) is 9.36. The molecule has 0 spiro atoms. The van der Waals surface area contributed by atoms with Gasteiger partial charge in [0.2, 0.25) is 5.91 Å². The molecule has 4 nitrogen and oxygen atoms in total. The molecule has 0 aliphatic rings. The Bertz CT molecular complexity index is 771. The molecule has 3 N–H and O–H groups in total. The smallest absolute Gasteiger partial charge is 0.220 e. The highest BCUT2D eigenvalue weighted by Gasteiger charge is 2.17. The predicted octanol–water partition coefficient (Wildman–Crippen LogP) is 12.8. The van der Waals surface area contributed by atoms with Crippen molar-refractivity contribution in [3.63, 3.8) is 0 Å². The second-order valence-electron chi connectivity index (χ2n) is 14.0. The van der Waals surface area contributed by atoms with Gasteiger partial charge in [0.1, 0.15) is 0 Å². The van der Waals surface area contributed by atoms with E-state index in [0.29, 0.717) is 6.42 Å². The largest absolute Gasteiger partial charge is 0.394 e. The second-order valence-corrected chi connectivity index (χ2v) is 14.0. The lowest BCUT2D eigenvalue weighted by Crippen LogP contribution is -2.45. The molecule has 0 rings (SSSR count). The van der Waals surface area contributed by atoms with Crippen molar-refractivity contribution in [2.45, 2.75) is 219 Å². The Morgan fingerprint density at radius 2 is 0.896 bits per heavy atom. The third kappa shape index (κ3) is 35.7. The number of aliphatic hydroxyl groups excluding tert-OH is 2. The Morgan fingerprint density at radius 1 is 0.521 bits per heavy atom. The van der Waals surface area contributed by atoms with Crippen LogP contribution in [-0.2, 0) is 4.79 Å². The van der Waals surface area contributed by atoms with Crippen LogP contribution in [0.1, 0.15) is 206 Å². The first kappa shape index (κ1) is 46.4. The highest BCUT2D eigenvalue weighted by Crippen LogP contribution is 2.15. The molecular formula is C44H81NO3. The van der Waals surface area contributed by atoms with Gasteiger partial charge in [-0.25, -0.2) is 0 Å². The van der Waals surface area contributed by atoms with E-state index in [1.807, 2.05) is 13.0 Å². The van der Waals surface area contributed by atoms with Gasteiger partial charge < -0.3 is 15.5 Å². The standard InChI is InChI=1S/C44H81NO3/c1-3-5-7-9-11-13-14-15-16-17-18-19-20-21-22-23-24-25-26-27-28-29-30-32-34-36-38-40-44(48)45-42(41-46)43(47)39-37-35-33-31-12-10-8-6-4-2/h4,6,12,21-22,31,37,39,42-43,46-47H,3,5,7-11,13-20,23-30,32-36,38,40-41H2,1-2H3,(H,45,48)/b6-4+,22-21-,31-12+,39-37+. The first-order valence-corrected chi connectivity index (χ1v) is 20.8. The zero-order valence-corrected chi connectivity index (χ0v) is 32.0. The zero-order valence-electron chi connectivity index (χ0n) is 32.0. The molecule has 0 aromatic rings. The van der Waals surface area contributed by atoms with Crippen molar-refractivity contribution < 1.29 is 15.0 Å². The number of hydrogen-bond donors (Lipinski definition) is 3. The van der Waals surface area contributed by atoms with Crippen molar-refractivity contribution in [2.24, 2.45) is 0 Å². The molecule has 0 heterocycles. The molecule has 0 aromatic heterocycles.